The Labute approximate surface area is 205 Å². The summed E-state index contributed by atoms with van der Waals surface area (Å²) in [6.45, 7) is 12.3. The van der Waals surface area contributed by atoms with Crippen LogP contribution in [0.5, 0.6) is 0 Å². The predicted molar refractivity (Wildman–Crippen MR) is 137 cm³/mol. The molecule has 1 aromatic heterocycles. The summed E-state index contributed by atoms with van der Waals surface area (Å²) in [5.41, 5.74) is 3.55. The maximum Gasteiger partial charge on any atom is 0.251 e. The molecule has 0 fully saturated rings. The van der Waals surface area contributed by atoms with Crippen molar-refractivity contribution in [3.8, 4) is 0 Å². The molecule has 1 atom stereocenters. The number of nitrogens with one attached hydrogen (secondary N) is 2. The van der Waals surface area contributed by atoms with Crippen molar-refractivity contribution in [2.75, 3.05) is 11.1 Å². The molecule has 0 radical (unpaired) electrons. The lowest BCUT2D eigenvalue weighted by Crippen LogP contribution is -2.33. The van der Waals surface area contributed by atoms with E-state index in [1.807, 2.05) is 68.7 Å². The van der Waals surface area contributed by atoms with Crippen LogP contribution in [0.25, 0.3) is 0 Å². The Hall–Kier alpha value is -3.39. The summed E-state index contributed by atoms with van der Waals surface area (Å²) in [5, 5.41) is 15.4. The van der Waals surface area contributed by atoms with Gasteiger partial charge in [0.25, 0.3) is 5.91 Å². The number of anilines is 1. The molecule has 2 aromatic carbocycles. The first kappa shape index (κ1) is 25.2. The average molecular weight is 478 g/mol. The number of nitrogens with zero attached hydrogens (tertiary/aromatic N) is 3. The standard InChI is InChI=1S/C26H31N5O2S/c1-6-14-31-24(23(17(2)3)28-25(33)20-10-8-7-9-11-20)29-30-26(31)34-16-22(32)27-21-13-12-18(4)15-19(21)5/h6-13,15,17,23H,1,14,16H2,2-5H3,(H,27,32)(H,28,33)/t23-/m0/s1. The van der Waals surface area contributed by atoms with Crippen LogP contribution in [0.3, 0.4) is 0 Å². The first-order chi connectivity index (χ1) is 16.3. The van der Waals surface area contributed by atoms with Crippen molar-refractivity contribution in [1.29, 1.82) is 0 Å². The first-order valence-corrected chi connectivity index (χ1v) is 12.2. The number of thioether (sulfide) groups is 1. The highest BCUT2D eigenvalue weighted by Crippen LogP contribution is 2.26. The summed E-state index contributed by atoms with van der Waals surface area (Å²) in [7, 11) is 0. The van der Waals surface area contributed by atoms with Gasteiger partial charge in [-0.05, 0) is 43.5 Å². The average Bonchev–Trinajstić information content (AvgIpc) is 3.20. The van der Waals surface area contributed by atoms with E-state index in [1.54, 1.807) is 18.2 Å². The second kappa shape index (κ2) is 11.7. The van der Waals surface area contributed by atoms with Crippen LogP contribution >= 0.6 is 11.8 Å². The van der Waals surface area contributed by atoms with Crippen molar-refractivity contribution in [3.63, 3.8) is 0 Å². The van der Waals surface area contributed by atoms with Gasteiger partial charge in [0.05, 0.1) is 11.8 Å². The molecule has 0 saturated carbocycles. The molecule has 34 heavy (non-hydrogen) atoms. The molecule has 0 aliphatic carbocycles. The molecule has 0 saturated heterocycles. The number of hydrogen-bond acceptors (Lipinski definition) is 5. The molecule has 0 aliphatic heterocycles. The van der Waals surface area contributed by atoms with Gasteiger partial charge in [-0.2, -0.15) is 0 Å². The van der Waals surface area contributed by atoms with E-state index >= 15 is 0 Å². The maximum atomic E-state index is 12.8. The number of aryl methyl sites for hydroxylation is 2. The molecule has 0 spiro atoms. The minimum absolute atomic E-state index is 0.0751. The summed E-state index contributed by atoms with van der Waals surface area (Å²) < 4.78 is 1.90. The van der Waals surface area contributed by atoms with E-state index in [-0.39, 0.29) is 29.5 Å². The van der Waals surface area contributed by atoms with Gasteiger partial charge in [-0.25, -0.2) is 0 Å². The Morgan fingerprint density at radius 2 is 1.85 bits per heavy atom. The van der Waals surface area contributed by atoms with Gasteiger partial charge in [-0.1, -0.05) is 67.6 Å². The quantitative estimate of drug-likeness (QED) is 0.319. The number of carbonyl (C=O) groups is 2. The molecular formula is C26H31N5O2S. The summed E-state index contributed by atoms with van der Waals surface area (Å²) in [5.74, 6) is 0.604. The molecule has 8 heteroatoms. The second-order valence-electron chi connectivity index (χ2n) is 8.46. The molecule has 2 N–H and O–H groups in total. The van der Waals surface area contributed by atoms with Crippen molar-refractivity contribution < 1.29 is 9.59 Å². The fourth-order valence-electron chi connectivity index (χ4n) is 3.55. The van der Waals surface area contributed by atoms with Gasteiger partial charge >= 0.3 is 0 Å². The van der Waals surface area contributed by atoms with E-state index in [9.17, 15) is 9.59 Å². The van der Waals surface area contributed by atoms with Crippen molar-refractivity contribution in [3.05, 3.63) is 83.7 Å². The smallest absolute Gasteiger partial charge is 0.251 e. The second-order valence-corrected chi connectivity index (χ2v) is 9.40. The lowest BCUT2D eigenvalue weighted by molar-refractivity contribution is -0.113. The van der Waals surface area contributed by atoms with Gasteiger partial charge in [-0.3, -0.25) is 9.59 Å². The number of aromatic nitrogens is 3. The fourth-order valence-corrected chi connectivity index (χ4v) is 4.31. The zero-order chi connectivity index (χ0) is 24.7. The molecule has 2 amide bonds. The maximum absolute atomic E-state index is 12.8. The van der Waals surface area contributed by atoms with Gasteiger partial charge < -0.3 is 15.2 Å². The van der Waals surface area contributed by atoms with Crippen LogP contribution in [0.2, 0.25) is 0 Å². The number of carbonyl (C=O) groups excluding carboxylic acids is 2. The summed E-state index contributed by atoms with van der Waals surface area (Å²) in [6, 6.07) is 14.6. The number of hydrogen-bond donors (Lipinski definition) is 2. The van der Waals surface area contributed by atoms with E-state index in [1.165, 1.54) is 11.8 Å². The minimum Gasteiger partial charge on any atom is -0.342 e. The van der Waals surface area contributed by atoms with E-state index in [2.05, 4.69) is 27.4 Å². The van der Waals surface area contributed by atoms with Gasteiger partial charge in [0.2, 0.25) is 5.91 Å². The minimum atomic E-state index is -0.349. The Balaban J connectivity index is 1.74. The van der Waals surface area contributed by atoms with Crippen LogP contribution in [0.1, 0.15) is 47.2 Å². The SMILES string of the molecule is C=CCn1c(SCC(=O)Nc2ccc(C)cc2C)nnc1[C@@H](NC(=O)c1ccccc1)C(C)C. The summed E-state index contributed by atoms with van der Waals surface area (Å²) >= 11 is 1.31. The summed E-state index contributed by atoms with van der Waals surface area (Å²) in [4.78, 5) is 25.4. The Morgan fingerprint density at radius 3 is 2.50 bits per heavy atom. The molecule has 0 bridgehead atoms. The molecule has 1 heterocycles. The molecule has 0 unspecified atom stereocenters. The molecule has 7 nitrogen and oxygen atoms in total. The molecular weight excluding hydrogens is 446 g/mol. The number of allylic oxidation sites excluding steroid dienone is 1. The van der Waals surface area contributed by atoms with Crippen molar-refractivity contribution >= 4 is 29.3 Å². The fraction of sp³-hybridized carbons (Fsp3) is 0.308. The zero-order valence-electron chi connectivity index (χ0n) is 20.0. The number of rotatable bonds is 10. The van der Waals surface area contributed by atoms with E-state index in [0.29, 0.717) is 23.1 Å². The van der Waals surface area contributed by atoms with E-state index in [0.717, 1.165) is 16.8 Å². The lowest BCUT2D eigenvalue weighted by Gasteiger charge is -2.22. The van der Waals surface area contributed by atoms with E-state index in [4.69, 9.17) is 0 Å². The Kier molecular flexibility index (Phi) is 8.65. The highest BCUT2D eigenvalue weighted by Gasteiger charge is 2.26. The lowest BCUT2D eigenvalue weighted by atomic mass is 10.0. The topological polar surface area (TPSA) is 88.9 Å². The Bertz CT molecular complexity index is 1160. The van der Waals surface area contributed by atoms with Crippen LogP contribution in [0.15, 0.2) is 66.3 Å². The third kappa shape index (κ3) is 6.35. The first-order valence-electron chi connectivity index (χ1n) is 11.2. The number of amides is 2. The molecule has 3 aromatic rings. The third-order valence-electron chi connectivity index (χ3n) is 5.31. The van der Waals surface area contributed by atoms with Crippen molar-refractivity contribution in [2.45, 2.75) is 45.4 Å². The molecule has 3 rings (SSSR count). The predicted octanol–water partition coefficient (Wildman–Crippen LogP) is 4.94. The largest absolute Gasteiger partial charge is 0.342 e. The van der Waals surface area contributed by atoms with Crippen molar-refractivity contribution in [1.82, 2.24) is 20.1 Å². The van der Waals surface area contributed by atoms with Crippen molar-refractivity contribution in [2.24, 2.45) is 5.92 Å². The van der Waals surface area contributed by atoms with Gasteiger partial charge in [0, 0.05) is 17.8 Å². The molecule has 0 aliphatic rings. The third-order valence-corrected chi connectivity index (χ3v) is 6.28. The van der Waals surface area contributed by atoms with Crippen LogP contribution in [-0.4, -0.2) is 32.3 Å². The number of benzene rings is 2. The Morgan fingerprint density at radius 1 is 1.12 bits per heavy atom. The van der Waals surface area contributed by atoms with Crippen LogP contribution in [-0.2, 0) is 11.3 Å². The normalized spacial score (nSPS) is 11.8. The van der Waals surface area contributed by atoms with Crippen LogP contribution < -0.4 is 10.6 Å². The van der Waals surface area contributed by atoms with Gasteiger partial charge in [0.15, 0.2) is 11.0 Å². The monoisotopic (exact) mass is 477 g/mol. The van der Waals surface area contributed by atoms with Gasteiger partial charge in [0.1, 0.15) is 0 Å². The van der Waals surface area contributed by atoms with E-state index < -0.39 is 0 Å². The summed E-state index contributed by atoms with van der Waals surface area (Å²) in [6.07, 6.45) is 1.75. The zero-order valence-corrected chi connectivity index (χ0v) is 20.9. The van der Waals surface area contributed by atoms with Crippen LogP contribution in [0, 0.1) is 19.8 Å². The van der Waals surface area contributed by atoms with Crippen LogP contribution in [0.4, 0.5) is 5.69 Å². The highest BCUT2D eigenvalue weighted by molar-refractivity contribution is 7.99. The highest BCUT2D eigenvalue weighted by atomic mass is 32.2. The van der Waals surface area contributed by atoms with Gasteiger partial charge in [-0.15, -0.1) is 16.8 Å². The molecule has 178 valence electrons.